The van der Waals surface area contributed by atoms with Gasteiger partial charge in [0.25, 0.3) is 0 Å². The molecule has 2 aromatic rings. The molecule has 1 aromatic heterocycles. The van der Waals surface area contributed by atoms with E-state index >= 15 is 0 Å². The zero-order valence-corrected chi connectivity index (χ0v) is 7.73. The number of fused-ring (bicyclic) bond motifs is 1. The van der Waals surface area contributed by atoms with Gasteiger partial charge in [0.15, 0.2) is 5.13 Å². The van der Waals surface area contributed by atoms with Gasteiger partial charge >= 0.3 is 0 Å². The number of hydrogen-bond donors (Lipinski definition) is 0. The van der Waals surface area contributed by atoms with Gasteiger partial charge in [0.2, 0.25) is 0 Å². The molecule has 0 saturated carbocycles. The fourth-order valence-corrected chi connectivity index (χ4v) is 2.22. The number of benzene rings is 1. The van der Waals surface area contributed by atoms with Gasteiger partial charge in [0, 0.05) is 10.1 Å². The summed E-state index contributed by atoms with van der Waals surface area (Å²) in [6, 6.07) is 8.68. The first-order valence-electron chi connectivity index (χ1n) is 3.79. The van der Waals surface area contributed by atoms with E-state index in [1.165, 1.54) is 0 Å². The van der Waals surface area contributed by atoms with Crippen molar-refractivity contribution in [1.29, 1.82) is 10.5 Å². The fraction of sp³-hybridized carbons (Fsp3) is 0. The topological polar surface area (TPSA) is 47.6 Å². The van der Waals surface area contributed by atoms with Crippen LogP contribution in [0.4, 0.5) is 4.39 Å². The Kier molecular flexibility index (Phi) is 1.92. The average Bonchev–Trinajstić information content (AvgIpc) is 2.52. The number of rotatable bonds is 0. The van der Waals surface area contributed by atoms with Crippen molar-refractivity contribution >= 4 is 21.4 Å². The van der Waals surface area contributed by atoms with Crippen LogP contribution in [0.15, 0.2) is 18.2 Å². The highest BCUT2D eigenvalue weighted by Gasteiger charge is 2.14. The largest absolute Gasteiger partial charge is 0.195 e. The first kappa shape index (κ1) is 8.68. The number of nitrogens with zero attached hydrogens (tertiary/aromatic N) is 2. The molecule has 14 heavy (non-hydrogen) atoms. The Balaban J connectivity index is 3.00. The Labute approximate surface area is 83.4 Å². The Hall–Kier alpha value is -1.91. The van der Waals surface area contributed by atoms with E-state index in [4.69, 9.17) is 10.5 Å². The first-order chi connectivity index (χ1) is 6.77. The van der Waals surface area contributed by atoms with Crippen LogP contribution < -0.4 is 0 Å². The predicted molar refractivity (Wildman–Crippen MR) is 51.2 cm³/mol. The minimum absolute atomic E-state index is 0.0258. The molecule has 0 aliphatic rings. The monoisotopic (exact) mass is 202 g/mol. The molecule has 1 heterocycles. The second kappa shape index (κ2) is 3.10. The maximum Gasteiger partial charge on any atom is 0.195 e. The van der Waals surface area contributed by atoms with E-state index in [0.717, 1.165) is 11.3 Å². The van der Waals surface area contributed by atoms with Crippen molar-refractivity contribution in [1.82, 2.24) is 0 Å². The maximum atomic E-state index is 13.2. The Morgan fingerprint density at radius 1 is 1.21 bits per heavy atom. The summed E-state index contributed by atoms with van der Waals surface area (Å²) < 4.78 is 13.8. The quantitative estimate of drug-likeness (QED) is 0.659. The van der Waals surface area contributed by atoms with Crippen LogP contribution >= 0.6 is 11.3 Å². The van der Waals surface area contributed by atoms with Crippen molar-refractivity contribution in [2.45, 2.75) is 0 Å². The molecule has 0 unspecified atom stereocenters. The molecule has 1 aromatic carbocycles. The molecule has 0 aliphatic carbocycles. The molecule has 0 amide bonds. The zero-order valence-electron chi connectivity index (χ0n) is 6.91. The zero-order chi connectivity index (χ0) is 10.1. The van der Waals surface area contributed by atoms with E-state index in [0.29, 0.717) is 15.6 Å². The lowest BCUT2D eigenvalue weighted by Crippen LogP contribution is -1.79. The minimum Gasteiger partial charge on any atom is -0.194 e. The number of thiophene rings is 1. The van der Waals surface area contributed by atoms with E-state index in [1.54, 1.807) is 24.3 Å². The second-order valence-corrected chi connectivity index (χ2v) is 3.66. The van der Waals surface area contributed by atoms with Gasteiger partial charge in [-0.3, -0.25) is 0 Å². The smallest absolute Gasteiger partial charge is 0.194 e. The lowest BCUT2D eigenvalue weighted by Gasteiger charge is -1.91. The highest BCUT2D eigenvalue weighted by atomic mass is 32.1. The molecule has 0 aliphatic heterocycles. The minimum atomic E-state index is -0.523. The summed E-state index contributed by atoms with van der Waals surface area (Å²) in [6.45, 7) is 0. The van der Waals surface area contributed by atoms with Gasteiger partial charge in [-0.05, 0) is 12.1 Å². The molecule has 0 saturated heterocycles. The van der Waals surface area contributed by atoms with Crippen LogP contribution in [0.5, 0.6) is 0 Å². The van der Waals surface area contributed by atoms with Crippen LogP contribution in [0.2, 0.25) is 0 Å². The van der Waals surface area contributed by atoms with Gasteiger partial charge in [-0.15, -0.1) is 11.3 Å². The van der Waals surface area contributed by atoms with Crippen molar-refractivity contribution < 1.29 is 4.39 Å². The van der Waals surface area contributed by atoms with Gasteiger partial charge in [0.1, 0.15) is 11.6 Å². The lowest BCUT2D eigenvalue weighted by atomic mass is 10.1. The summed E-state index contributed by atoms with van der Waals surface area (Å²) in [5.74, 6) is 0. The van der Waals surface area contributed by atoms with Crippen LogP contribution in [0, 0.1) is 27.8 Å². The molecule has 2 nitrogen and oxygen atoms in total. The number of halogens is 1. The van der Waals surface area contributed by atoms with Crippen LogP contribution in [0.25, 0.3) is 10.1 Å². The van der Waals surface area contributed by atoms with E-state index in [-0.39, 0.29) is 5.56 Å². The second-order valence-electron chi connectivity index (χ2n) is 2.65. The van der Waals surface area contributed by atoms with Gasteiger partial charge < -0.3 is 0 Å². The van der Waals surface area contributed by atoms with Crippen LogP contribution in [0.3, 0.4) is 0 Å². The molecule has 0 N–H and O–H groups in total. The standard InChI is InChI=1S/C10H3FN2S/c11-10-7(5-13)9-6(4-12)2-1-3-8(9)14-10/h1-3H. The fourth-order valence-electron chi connectivity index (χ4n) is 1.31. The number of hydrogen-bond acceptors (Lipinski definition) is 3. The molecule has 0 radical (unpaired) electrons. The highest BCUT2D eigenvalue weighted by Crippen LogP contribution is 2.31. The van der Waals surface area contributed by atoms with Gasteiger partial charge in [-0.1, -0.05) is 6.07 Å². The third-order valence-electron chi connectivity index (χ3n) is 1.90. The molecule has 0 spiro atoms. The summed E-state index contributed by atoms with van der Waals surface area (Å²) in [4.78, 5) is 0. The lowest BCUT2D eigenvalue weighted by molar-refractivity contribution is 0.655. The molecule has 0 atom stereocenters. The normalized spacial score (nSPS) is 9.64. The van der Waals surface area contributed by atoms with E-state index in [1.807, 2.05) is 6.07 Å². The molecule has 4 heteroatoms. The van der Waals surface area contributed by atoms with E-state index in [9.17, 15) is 4.39 Å². The van der Waals surface area contributed by atoms with E-state index in [2.05, 4.69) is 0 Å². The van der Waals surface area contributed by atoms with Crippen molar-refractivity contribution in [2.24, 2.45) is 0 Å². The van der Waals surface area contributed by atoms with Crippen molar-refractivity contribution in [3.8, 4) is 12.1 Å². The van der Waals surface area contributed by atoms with Gasteiger partial charge in [-0.2, -0.15) is 14.9 Å². The SMILES string of the molecule is N#Cc1cccc2sc(F)c(C#N)c12. The van der Waals surface area contributed by atoms with Crippen LogP contribution in [-0.4, -0.2) is 0 Å². The first-order valence-corrected chi connectivity index (χ1v) is 4.60. The highest BCUT2D eigenvalue weighted by molar-refractivity contribution is 7.17. The van der Waals surface area contributed by atoms with Gasteiger partial charge in [-0.25, -0.2) is 0 Å². The van der Waals surface area contributed by atoms with Crippen molar-refractivity contribution in [2.75, 3.05) is 0 Å². The van der Waals surface area contributed by atoms with Crippen molar-refractivity contribution in [3.05, 3.63) is 34.5 Å². The van der Waals surface area contributed by atoms with Crippen LogP contribution in [0.1, 0.15) is 11.1 Å². The van der Waals surface area contributed by atoms with E-state index < -0.39 is 5.13 Å². The molecular formula is C10H3FN2S. The maximum absolute atomic E-state index is 13.2. The number of nitriles is 2. The Bertz CT molecular complexity index is 586. The molecule has 2 rings (SSSR count). The molecule has 0 bridgehead atoms. The summed E-state index contributed by atoms with van der Waals surface area (Å²) in [5.41, 5.74) is 0.321. The summed E-state index contributed by atoms with van der Waals surface area (Å²) >= 11 is 0.893. The summed E-state index contributed by atoms with van der Waals surface area (Å²) in [5, 5.41) is 17.4. The van der Waals surface area contributed by atoms with Crippen LogP contribution in [-0.2, 0) is 0 Å². The predicted octanol–water partition coefficient (Wildman–Crippen LogP) is 2.78. The molecular weight excluding hydrogens is 199 g/mol. The third-order valence-corrected chi connectivity index (χ3v) is 2.85. The van der Waals surface area contributed by atoms with Crippen molar-refractivity contribution in [3.63, 3.8) is 0 Å². The molecule has 66 valence electrons. The Morgan fingerprint density at radius 3 is 2.64 bits per heavy atom. The summed E-state index contributed by atoms with van der Waals surface area (Å²) in [6.07, 6.45) is 0. The summed E-state index contributed by atoms with van der Waals surface area (Å²) in [7, 11) is 0. The van der Waals surface area contributed by atoms with Gasteiger partial charge in [0.05, 0.1) is 11.6 Å². The molecule has 0 fully saturated rings. The third kappa shape index (κ3) is 1.06. The Morgan fingerprint density at radius 2 is 2.00 bits per heavy atom. The average molecular weight is 202 g/mol.